The molecule has 86 valence electrons. The number of ketones is 2. The number of rotatable bonds is 4. The van der Waals surface area contributed by atoms with Gasteiger partial charge in [0.25, 0.3) is 0 Å². The lowest BCUT2D eigenvalue weighted by molar-refractivity contribution is -0.119. The van der Waals surface area contributed by atoms with Crippen LogP contribution in [0, 0.1) is 0 Å². The fourth-order valence-corrected chi connectivity index (χ4v) is 2.45. The quantitative estimate of drug-likeness (QED) is 0.711. The lowest BCUT2D eigenvalue weighted by Crippen LogP contribution is -2.45. The summed E-state index contributed by atoms with van der Waals surface area (Å²) in [4.78, 5) is 24.4. The van der Waals surface area contributed by atoms with Crippen LogP contribution < -0.4 is 0 Å². The third kappa shape index (κ3) is 3.74. The van der Waals surface area contributed by atoms with Crippen molar-refractivity contribution in [2.45, 2.75) is 58.0 Å². The highest BCUT2D eigenvalue weighted by Gasteiger charge is 2.28. The average molecular weight is 211 g/mol. The zero-order valence-electron chi connectivity index (χ0n) is 9.95. The maximum absolute atomic E-state index is 11.1. The molecule has 1 rings (SSSR count). The van der Waals surface area contributed by atoms with Gasteiger partial charge < -0.3 is 0 Å². The predicted molar refractivity (Wildman–Crippen MR) is 59.8 cm³/mol. The van der Waals surface area contributed by atoms with Gasteiger partial charge in [-0.05, 0) is 33.7 Å². The summed E-state index contributed by atoms with van der Waals surface area (Å²) < 4.78 is 0. The second-order valence-corrected chi connectivity index (χ2v) is 4.72. The third-order valence-corrected chi connectivity index (χ3v) is 3.27. The van der Waals surface area contributed by atoms with Crippen LogP contribution in [0.5, 0.6) is 0 Å². The number of nitrogens with zero attached hydrogens (tertiary/aromatic N) is 1. The van der Waals surface area contributed by atoms with Gasteiger partial charge in [0.2, 0.25) is 0 Å². The molecule has 0 aromatic heterocycles. The zero-order valence-corrected chi connectivity index (χ0v) is 9.95. The molecule has 1 heterocycles. The Labute approximate surface area is 91.8 Å². The molecule has 3 nitrogen and oxygen atoms in total. The SMILES string of the molecule is CC(=O)CC1CCCC(CC(C)=O)N1C. The van der Waals surface area contributed by atoms with E-state index in [1.165, 1.54) is 0 Å². The first kappa shape index (κ1) is 12.4. The summed E-state index contributed by atoms with van der Waals surface area (Å²) in [6, 6.07) is 0.696. The Kier molecular flexibility index (Phi) is 4.45. The molecule has 0 bridgehead atoms. The van der Waals surface area contributed by atoms with E-state index in [1.54, 1.807) is 13.8 Å². The number of carbonyl (C=O) groups excluding carboxylic acids is 2. The summed E-state index contributed by atoms with van der Waals surface area (Å²) in [7, 11) is 2.04. The van der Waals surface area contributed by atoms with E-state index in [4.69, 9.17) is 0 Å². The van der Waals surface area contributed by atoms with Crippen LogP contribution >= 0.6 is 0 Å². The van der Waals surface area contributed by atoms with E-state index in [9.17, 15) is 9.59 Å². The largest absolute Gasteiger partial charge is 0.300 e. The van der Waals surface area contributed by atoms with Gasteiger partial charge in [-0.2, -0.15) is 0 Å². The molecule has 1 saturated heterocycles. The van der Waals surface area contributed by atoms with Gasteiger partial charge in [0, 0.05) is 24.9 Å². The highest BCUT2D eigenvalue weighted by atomic mass is 16.1. The summed E-state index contributed by atoms with van der Waals surface area (Å²) in [5.74, 6) is 0.491. The van der Waals surface area contributed by atoms with E-state index in [2.05, 4.69) is 4.90 Å². The van der Waals surface area contributed by atoms with Crippen LogP contribution in [0.1, 0.15) is 46.0 Å². The Hall–Kier alpha value is -0.700. The van der Waals surface area contributed by atoms with E-state index in [0.717, 1.165) is 19.3 Å². The predicted octanol–water partition coefficient (Wildman–Crippen LogP) is 1.80. The van der Waals surface area contributed by atoms with Gasteiger partial charge in [0.1, 0.15) is 11.6 Å². The van der Waals surface area contributed by atoms with Crippen LogP contribution in [-0.4, -0.2) is 35.6 Å². The molecule has 0 aromatic carbocycles. The van der Waals surface area contributed by atoms with Crippen molar-refractivity contribution in [2.24, 2.45) is 0 Å². The summed E-state index contributed by atoms with van der Waals surface area (Å²) in [6.07, 6.45) is 4.57. The van der Waals surface area contributed by atoms with Crippen molar-refractivity contribution in [2.75, 3.05) is 7.05 Å². The zero-order chi connectivity index (χ0) is 11.4. The standard InChI is InChI=1S/C12H21NO2/c1-9(14)7-11-5-4-6-12(13(11)3)8-10(2)15/h11-12H,4-8H2,1-3H3. The molecule has 2 atom stereocenters. The number of hydrogen-bond acceptors (Lipinski definition) is 3. The molecule has 1 aliphatic rings. The molecule has 0 amide bonds. The van der Waals surface area contributed by atoms with Gasteiger partial charge in [0.15, 0.2) is 0 Å². The summed E-state index contributed by atoms with van der Waals surface area (Å²) in [5, 5.41) is 0. The minimum atomic E-state index is 0.246. The lowest BCUT2D eigenvalue weighted by atomic mass is 9.91. The van der Waals surface area contributed by atoms with Crippen molar-refractivity contribution < 1.29 is 9.59 Å². The first-order chi connectivity index (χ1) is 7.00. The fourth-order valence-electron chi connectivity index (χ4n) is 2.45. The number of carbonyl (C=O) groups is 2. The van der Waals surface area contributed by atoms with Crippen LogP contribution in [0.2, 0.25) is 0 Å². The molecule has 3 heteroatoms. The maximum Gasteiger partial charge on any atom is 0.131 e. The molecule has 0 radical (unpaired) electrons. The Morgan fingerprint density at radius 3 is 1.80 bits per heavy atom. The smallest absolute Gasteiger partial charge is 0.131 e. The minimum Gasteiger partial charge on any atom is -0.300 e. The maximum atomic E-state index is 11.1. The average Bonchev–Trinajstić information content (AvgIpc) is 2.10. The number of hydrogen-bond donors (Lipinski definition) is 0. The monoisotopic (exact) mass is 211 g/mol. The van der Waals surface area contributed by atoms with Crippen LogP contribution in [0.25, 0.3) is 0 Å². The topological polar surface area (TPSA) is 37.4 Å². The molecular weight excluding hydrogens is 190 g/mol. The van der Waals surface area contributed by atoms with Crippen LogP contribution in [0.3, 0.4) is 0 Å². The molecular formula is C12H21NO2. The second kappa shape index (κ2) is 5.40. The van der Waals surface area contributed by atoms with Crippen LogP contribution in [0.4, 0.5) is 0 Å². The van der Waals surface area contributed by atoms with E-state index in [-0.39, 0.29) is 11.6 Å². The van der Waals surface area contributed by atoms with Gasteiger partial charge in [-0.15, -0.1) is 0 Å². The van der Waals surface area contributed by atoms with Crippen molar-refractivity contribution in [3.8, 4) is 0 Å². The molecule has 15 heavy (non-hydrogen) atoms. The molecule has 1 aliphatic heterocycles. The van der Waals surface area contributed by atoms with Crippen molar-refractivity contribution >= 4 is 11.6 Å². The number of likely N-dealkylation sites (tertiary alicyclic amines) is 1. The van der Waals surface area contributed by atoms with Gasteiger partial charge in [-0.3, -0.25) is 14.5 Å². The second-order valence-electron chi connectivity index (χ2n) is 4.72. The molecule has 0 N–H and O–H groups in total. The lowest BCUT2D eigenvalue weighted by Gasteiger charge is -2.39. The minimum absolute atomic E-state index is 0.246. The molecule has 2 unspecified atom stereocenters. The number of Topliss-reactive ketones (excluding diaryl/α,β-unsaturated/α-hetero) is 2. The first-order valence-electron chi connectivity index (χ1n) is 5.71. The summed E-state index contributed by atoms with van der Waals surface area (Å²) >= 11 is 0. The molecule has 0 aliphatic carbocycles. The Balaban J connectivity index is 2.54. The molecule has 0 saturated carbocycles. The highest BCUT2D eigenvalue weighted by Crippen LogP contribution is 2.25. The van der Waals surface area contributed by atoms with E-state index in [0.29, 0.717) is 24.9 Å². The van der Waals surface area contributed by atoms with Crippen molar-refractivity contribution in [3.63, 3.8) is 0 Å². The Morgan fingerprint density at radius 2 is 1.47 bits per heavy atom. The first-order valence-corrected chi connectivity index (χ1v) is 5.71. The number of piperidine rings is 1. The van der Waals surface area contributed by atoms with E-state index >= 15 is 0 Å². The highest BCUT2D eigenvalue weighted by molar-refractivity contribution is 5.77. The summed E-state index contributed by atoms with van der Waals surface area (Å²) in [6.45, 7) is 3.28. The van der Waals surface area contributed by atoms with Crippen LogP contribution in [-0.2, 0) is 9.59 Å². The Bertz CT molecular complexity index is 226. The van der Waals surface area contributed by atoms with Crippen molar-refractivity contribution in [3.05, 3.63) is 0 Å². The van der Waals surface area contributed by atoms with Crippen molar-refractivity contribution in [1.29, 1.82) is 0 Å². The van der Waals surface area contributed by atoms with Gasteiger partial charge in [0.05, 0.1) is 0 Å². The van der Waals surface area contributed by atoms with E-state index < -0.39 is 0 Å². The third-order valence-electron chi connectivity index (χ3n) is 3.27. The molecule has 0 spiro atoms. The normalized spacial score (nSPS) is 27.7. The van der Waals surface area contributed by atoms with Gasteiger partial charge in [-0.25, -0.2) is 0 Å². The Morgan fingerprint density at radius 1 is 1.07 bits per heavy atom. The van der Waals surface area contributed by atoms with E-state index in [1.807, 2.05) is 7.05 Å². The van der Waals surface area contributed by atoms with Gasteiger partial charge in [-0.1, -0.05) is 6.42 Å². The van der Waals surface area contributed by atoms with Crippen molar-refractivity contribution in [1.82, 2.24) is 4.90 Å². The summed E-state index contributed by atoms with van der Waals surface area (Å²) in [5.41, 5.74) is 0. The molecule has 0 aromatic rings. The van der Waals surface area contributed by atoms with Gasteiger partial charge >= 0.3 is 0 Å². The molecule has 1 fully saturated rings. The fraction of sp³-hybridized carbons (Fsp3) is 0.833. The van der Waals surface area contributed by atoms with Crippen LogP contribution in [0.15, 0.2) is 0 Å².